The summed E-state index contributed by atoms with van der Waals surface area (Å²) in [6, 6.07) is 37.3. The Hall–Kier alpha value is -6.00. The van der Waals surface area contributed by atoms with Crippen LogP contribution < -0.4 is 10.6 Å². The number of rotatable bonds is 10. The van der Waals surface area contributed by atoms with Gasteiger partial charge in [0.1, 0.15) is 18.7 Å². The third-order valence-electron chi connectivity index (χ3n) is 9.59. The highest BCUT2D eigenvalue weighted by molar-refractivity contribution is 6.04. The van der Waals surface area contributed by atoms with Crippen LogP contribution in [0.4, 0.5) is 16.2 Å². The molecule has 0 radical (unpaired) electrons. The summed E-state index contributed by atoms with van der Waals surface area (Å²) >= 11 is 0. The van der Waals surface area contributed by atoms with Crippen molar-refractivity contribution >= 4 is 46.0 Å². The maximum Gasteiger partial charge on any atom is 0.340 e. The highest BCUT2D eigenvalue weighted by atomic mass is 16.5. The van der Waals surface area contributed by atoms with Crippen LogP contribution in [0.25, 0.3) is 10.8 Å². The quantitative estimate of drug-likeness (QED) is 0.152. The van der Waals surface area contributed by atoms with E-state index in [1.54, 1.807) is 29.2 Å². The number of urea groups is 1. The van der Waals surface area contributed by atoms with Crippen LogP contribution in [0.5, 0.6) is 0 Å². The molecule has 2 N–H and O–H groups in total. The van der Waals surface area contributed by atoms with Crippen LogP contribution in [-0.2, 0) is 32.3 Å². The topological polar surface area (TPSA) is 117 Å². The number of benzene rings is 5. The van der Waals surface area contributed by atoms with E-state index in [2.05, 4.69) is 10.6 Å². The first-order chi connectivity index (χ1) is 25.4. The molecule has 2 saturated heterocycles. The first-order valence-corrected chi connectivity index (χ1v) is 17.6. The zero-order chi connectivity index (χ0) is 35.9. The molecule has 0 aliphatic carbocycles. The summed E-state index contributed by atoms with van der Waals surface area (Å²) in [7, 11) is 0. The molecular weight excluding hydrogens is 656 g/mol. The van der Waals surface area contributed by atoms with E-state index < -0.39 is 30.0 Å². The number of hydrogen-bond donors (Lipinski definition) is 2. The van der Waals surface area contributed by atoms with Crippen molar-refractivity contribution in [2.75, 3.05) is 23.7 Å². The molecule has 2 aliphatic heterocycles. The number of fused-ring (bicyclic) bond motifs is 1. The van der Waals surface area contributed by atoms with E-state index in [4.69, 9.17) is 9.47 Å². The Morgan fingerprint density at radius 3 is 2.12 bits per heavy atom. The highest BCUT2D eigenvalue weighted by Gasteiger charge is 2.45. The Morgan fingerprint density at radius 1 is 0.673 bits per heavy atom. The monoisotopic (exact) mass is 696 g/mol. The molecule has 5 aromatic rings. The van der Waals surface area contributed by atoms with Crippen LogP contribution in [0.15, 0.2) is 127 Å². The smallest absolute Gasteiger partial charge is 0.340 e. The molecule has 0 spiro atoms. The lowest BCUT2D eigenvalue weighted by Gasteiger charge is -2.31. The SMILES string of the molecule is O=C(OCc1ccccc1)c1ccccc1NC(=O)[C@@H]1CCCN1C(=O)[C@@H]1CC(OCc2ccccc2)CN1C(=O)Nc1ccc2ccccc2c1. The van der Waals surface area contributed by atoms with Gasteiger partial charge in [-0.15, -0.1) is 0 Å². The van der Waals surface area contributed by atoms with Gasteiger partial charge in [-0.3, -0.25) is 9.59 Å². The number of ether oxygens (including phenoxy) is 2. The zero-order valence-electron chi connectivity index (χ0n) is 28.7. The zero-order valence-corrected chi connectivity index (χ0v) is 28.7. The Morgan fingerprint density at radius 2 is 1.35 bits per heavy atom. The Balaban J connectivity index is 1.06. The Labute approximate surface area is 302 Å². The summed E-state index contributed by atoms with van der Waals surface area (Å²) in [5.41, 5.74) is 2.97. The fraction of sp³-hybridized carbons (Fsp3) is 0.238. The molecule has 0 bridgehead atoms. The Kier molecular flexibility index (Phi) is 10.5. The van der Waals surface area contributed by atoms with Gasteiger partial charge in [0.25, 0.3) is 0 Å². The molecule has 5 aromatic carbocycles. The van der Waals surface area contributed by atoms with Crippen molar-refractivity contribution in [2.24, 2.45) is 0 Å². The van der Waals surface area contributed by atoms with Gasteiger partial charge in [0.15, 0.2) is 0 Å². The number of hydrogen-bond acceptors (Lipinski definition) is 6. The van der Waals surface area contributed by atoms with Crippen LogP contribution in [0, 0.1) is 0 Å². The van der Waals surface area contributed by atoms with Crippen molar-refractivity contribution in [1.29, 1.82) is 0 Å². The third-order valence-corrected chi connectivity index (χ3v) is 9.59. The lowest BCUT2D eigenvalue weighted by atomic mass is 10.1. The molecule has 1 unspecified atom stereocenters. The number of amides is 4. The molecule has 7 rings (SSSR count). The molecule has 10 nitrogen and oxygen atoms in total. The van der Waals surface area contributed by atoms with Gasteiger partial charge in [-0.1, -0.05) is 103 Å². The van der Waals surface area contributed by atoms with Crippen molar-refractivity contribution in [2.45, 2.75) is 50.7 Å². The number of esters is 1. The van der Waals surface area contributed by atoms with Crippen LogP contribution in [0.2, 0.25) is 0 Å². The van der Waals surface area contributed by atoms with E-state index in [9.17, 15) is 19.2 Å². The number of anilines is 2. The van der Waals surface area contributed by atoms with E-state index in [-0.39, 0.29) is 37.1 Å². The van der Waals surface area contributed by atoms with Gasteiger partial charge in [-0.05, 0) is 59.0 Å². The molecule has 0 aromatic heterocycles. The number of likely N-dealkylation sites (tertiary alicyclic amines) is 2. The predicted molar refractivity (Wildman–Crippen MR) is 198 cm³/mol. The molecule has 10 heteroatoms. The lowest BCUT2D eigenvalue weighted by Crippen LogP contribution is -2.52. The first-order valence-electron chi connectivity index (χ1n) is 17.6. The number of nitrogens with one attached hydrogen (secondary N) is 2. The molecule has 52 heavy (non-hydrogen) atoms. The molecule has 3 atom stereocenters. The minimum atomic E-state index is -0.838. The Bertz CT molecular complexity index is 2060. The largest absolute Gasteiger partial charge is 0.457 e. The third kappa shape index (κ3) is 7.98. The van der Waals surface area contributed by atoms with Crippen molar-refractivity contribution in [1.82, 2.24) is 9.80 Å². The van der Waals surface area contributed by atoms with Crippen LogP contribution >= 0.6 is 0 Å². The van der Waals surface area contributed by atoms with E-state index in [1.807, 2.05) is 103 Å². The fourth-order valence-electron chi connectivity index (χ4n) is 6.91. The molecular formula is C42H40N4O6. The van der Waals surface area contributed by atoms with Crippen molar-refractivity contribution in [3.8, 4) is 0 Å². The van der Waals surface area contributed by atoms with Gasteiger partial charge in [0, 0.05) is 25.2 Å². The molecule has 264 valence electrons. The predicted octanol–water partition coefficient (Wildman–Crippen LogP) is 7.02. The van der Waals surface area contributed by atoms with Gasteiger partial charge in [0.2, 0.25) is 11.8 Å². The van der Waals surface area contributed by atoms with Crippen molar-refractivity contribution < 1.29 is 28.7 Å². The summed E-state index contributed by atoms with van der Waals surface area (Å²) in [6.07, 6.45) is 0.967. The van der Waals surface area contributed by atoms with E-state index in [1.165, 1.54) is 4.90 Å². The van der Waals surface area contributed by atoms with Gasteiger partial charge < -0.3 is 29.9 Å². The summed E-state index contributed by atoms with van der Waals surface area (Å²) in [5.74, 6) is -1.29. The minimum absolute atomic E-state index is 0.0925. The summed E-state index contributed by atoms with van der Waals surface area (Å²) in [5, 5.41) is 7.90. The van der Waals surface area contributed by atoms with Crippen LogP contribution in [0.1, 0.15) is 40.7 Å². The average molecular weight is 697 g/mol. The highest BCUT2D eigenvalue weighted by Crippen LogP contribution is 2.29. The number of carbonyl (C=O) groups is 4. The molecule has 2 fully saturated rings. The van der Waals surface area contributed by atoms with Crippen LogP contribution in [0.3, 0.4) is 0 Å². The van der Waals surface area contributed by atoms with Gasteiger partial charge in [-0.25, -0.2) is 9.59 Å². The summed E-state index contributed by atoms with van der Waals surface area (Å²) < 4.78 is 11.8. The van der Waals surface area contributed by atoms with Crippen molar-refractivity contribution in [3.63, 3.8) is 0 Å². The summed E-state index contributed by atoms with van der Waals surface area (Å²) in [4.78, 5) is 58.2. The average Bonchev–Trinajstić information content (AvgIpc) is 3.86. The normalized spacial score (nSPS) is 18.3. The second kappa shape index (κ2) is 15.9. The van der Waals surface area contributed by atoms with Gasteiger partial charge in [-0.2, -0.15) is 0 Å². The van der Waals surface area contributed by atoms with E-state index >= 15 is 0 Å². The van der Waals surface area contributed by atoms with Gasteiger partial charge in [0.05, 0.1) is 24.0 Å². The fourth-order valence-corrected chi connectivity index (χ4v) is 6.91. The molecule has 2 heterocycles. The molecule has 2 aliphatic rings. The number of nitrogens with zero attached hydrogens (tertiary/aromatic N) is 2. The maximum absolute atomic E-state index is 14.4. The van der Waals surface area contributed by atoms with Gasteiger partial charge >= 0.3 is 12.0 Å². The standard InChI is InChI=1S/C42H40N4O6/c47-39(44-36-19-10-9-18-35(36)41(49)52-28-30-14-5-2-6-15-30)37-20-11-23-45(37)40(48)38-25-34(51-27-29-12-3-1-4-13-29)26-46(38)42(50)43-33-22-21-31-16-7-8-17-32(31)24-33/h1-10,12-19,21-22,24,34,37-38H,11,20,23,25-28H2,(H,43,50)(H,44,47)/t34?,37-,38-/m0/s1. The second-order valence-electron chi connectivity index (χ2n) is 13.1. The number of carbonyl (C=O) groups excluding carboxylic acids is 4. The first kappa shape index (κ1) is 34.4. The minimum Gasteiger partial charge on any atom is -0.457 e. The summed E-state index contributed by atoms with van der Waals surface area (Å²) in [6.45, 7) is 1.01. The maximum atomic E-state index is 14.4. The van der Waals surface area contributed by atoms with E-state index in [0.29, 0.717) is 37.4 Å². The molecule has 0 saturated carbocycles. The second-order valence-corrected chi connectivity index (χ2v) is 13.1. The number of para-hydroxylation sites is 1. The lowest BCUT2D eigenvalue weighted by molar-refractivity contribution is -0.139. The van der Waals surface area contributed by atoms with Crippen LogP contribution in [-0.4, -0.2) is 64.9 Å². The van der Waals surface area contributed by atoms with Crippen molar-refractivity contribution in [3.05, 3.63) is 144 Å². The van der Waals surface area contributed by atoms with E-state index in [0.717, 1.165) is 21.9 Å². The molecule has 4 amide bonds.